The number of aliphatic hydroxyl groups is 1. The van der Waals surface area contributed by atoms with Gasteiger partial charge in [-0.25, -0.2) is 0 Å². The Kier molecular flexibility index (Phi) is 26.0. The van der Waals surface area contributed by atoms with Gasteiger partial charge in [-0.2, -0.15) is 0 Å². The summed E-state index contributed by atoms with van der Waals surface area (Å²) in [7, 11) is 0. The van der Waals surface area contributed by atoms with Crippen LogP contribution in [0.3, 0.4) is 0 Å². The van der Waals surface area contributed by atoms with Gasteiger partial charge in [0, 0.05) is 41.4 Å². The van der Waals surface area contributed by atoms with Crippen molar-refractivity contribution in [1.29, 1.82) is 0 Å². The van der Waals surface area contributed by atoms with Gasteiger partial charge in [0.05, 0.1) is 44.7 Å². The minimum atomic E-state index is -1.07. The normalized spacial score (nSPS) is 16.9. The first-order valence-corrected chi connectivity index (χ1v) is 20.5. The molecule has 0 spiro atoms. The average molecular weight is 842 g/mol. The number of carbonyl (C=O) groups is 1. The largest absolute Gasteiger partial charge is 0.387 e. The second kappa shape index (κ2) is 32.9. The summed E-state index contributed by atoms with van der Waals surface area (Å²) in [6.45, 7) is 9.08. The van der Waals surface area contributed by atoms with E-state index < -0.39 is 30.4 Å². The summed E-state index contributed by atoms with van der Waals surface area (Å²) < 4.78 is 25.5. The molecule has 7 nitrogen and oxygen atoms in total. The molecule has 7 atom stereocenters. The van der Waals surface area contributed by atoms with Crippen LogP contribution in [-0.4, -0.2) is 54.9 Å². The van der Waals surface area contributed by atoms with E-state index in [9.17, 15) is 9.90 Å². The fourth-order valence-corrected chi connectivity index (χ4v) is 5.54. The van der Waals surface area contributed by atoms with Gasteiger partial charge in [0.15, 0.2) is 6.29 Å². The molecule has 64 heavy (non-hydrogen) atoms. The summed E-state index contributed by atoms with van der Waals surface area (Å²) in [5.74, 6) is 60.0. The molecular formula is C57H47NO6. The van der Waals surface area contributed by atoms with Gasteiger partial charge in [-0.3, -0.25) is 4.79 Å². The van der Waals surface area contributed by atoms with Gasteiger partial charge >= 0.3 is 0 Å². The third-order valence-corrected chi connectivity index (χ3v) is 9.03. The van der Waals surface area contributed by atoms with Crippen LogP contribution in [0.1, 0.15) is 58.1 Å². The van der Waals surface area contributed by atoms with Crippen molar-refractivity contribution in [2.24, 2.45) is 11.8 Å². The van der Waals surface area contributed by atoms with Crippen LogP contribution in [0.4, 0.5) is 0 Å². The van der Waals surface area contributed by atoms with Crippen LogP contribution in [0.15, 0.2) is 72.8 Å². The molecule has 1 fully saturated rings. The van der Waals surface area contributed by atoms with E-state index >= 15 is 0 Å². The SMILES string of the molecule is CC#CC#CC#CC#CC#CC#CC#CC#CC#CC#CC#CC#CC(=O)N[C@@H](CO[C@H]1OC(COCc2ccccc2)[C@H](C)[C@H](C)C1OCc1ccccc1)[C@H](O)/C=C/CCCC. The molecule has 7 heteroatoms. The molecule has 2 aromatic rings. The number of ether oxygens (including phenoxy) is 4. The molecule has 1 aliphatic rings. The first-order chi connectivity index (χ1) is 31.4. The van der Waals surface area contributed by atoms with Gasteiger partial charge in [0.2, 0.25) is 0 Å². The van der Waals surface area contributed by atoms with Crippen LogP contribution in [0.25, 0.3) is 0 Å². The van der Waals surface area contributed by atoms with Crippen molar-refractivity contribution in [3.8, 4) is 142 Å². The van der Waals surface area contributed by atoms with Crippen molar-refractivity contribution < 1.29 is 28.8 Å². The zero-order chi connectivity index (χ0) is 45.7. The molecular weight excluding hydrogens is 795 g/mol. The number of allylic oxidation sites excluding steroid dienone is 1. The Morgan fingerprint density at radius 1 is 0.688 bits per heavy atom. The lowest BCUT2D eigenvalue weighted by molar-refractivity contribution is -0.291. The van der Waals surface area contributed by atoms with E-state index in [1.807, 2.05) is 66.7 Å². The van der Waals surface area contributed by atoms with E-state index in [1.165, 1.54) is 0 Å². The Bertz CT molecular complexity index is 2670. The monoisotopic (exact) mass is 841 g/mol. The second-order valence-electron chi connectivity index (χ2n) is 13.6. The maximum absolute atomic E-state index is 13.0. The van der Waals surface area contributed by atoms with E-state index in [-0.39, 0.29) is 24.5 Å². The van der Waals surface area contributed by atoms with E-state index in [2.05, 4.69) is 168 Å². The molecule has 0 aliphatic carbocycles. The first-order valence-electron chi connectivity index (χ1n) is 20.5. The highest BCUT2D eigenvalue weighted by atomic mass is 16.7. The summed E-state index contributed by atoms with van der Waals surface area (Å²) in [5, 5.41) is 14.0. The number of amides is 1. The molecule has 0 aromatic heterocycles. The van der Waals surface area contributed by atoms with E-state index in [4.69, 9.17) is 18.9 Å². The number of rotatable bonds is 16. The average Bonchev–Trinajstić information content (AvgIpc) is 3.31. The highest BCUT2D eigenvalue weighted by Crippen LogP contribution is 2.34. The summed E-state index contributed by atoms with van der Waals surface area (Å²) in [5.41, 5.74) is 2.08. The van der Waals surface area contributed by atoms with Gasteiger partial charge < -0.3 is 29.4 Å². The highest BCUT2D eigenvalue weighted by Gasteiger charge is 2.43. The molecule has 2 aromatic carbocycles. The maximum Gasteiger partial charge on any atom is 0.297 e. The molecule has 0 saturated carbocycles. The Hall–Kier alpha value is -7.83. The summed E-state index contributed by atoms with van der Waals surface area (Å²) in [6.07, 6.45) is 3.69. The lowest BCUT2D eigenvalue weighted by Crippen LogP contribution is -2.54. The minimum Gasteiger partial charge on any atom is -0.387 e. The fraction of sp³-hybridized carbons (Fsp3) is 0.316. The highest BCUT2D eigenvalue weighted by molar-refractivity contribution is 5.94. The van der Waals surface area contributed by atoms with Gasteiger partial charge in [0.25, 0.3) is 5.91 Å². The predicted molar refractivity (Wildman–Crippen MR) is 250 cm³/mol. The van der Waals surface area contributed by atoms with Crippen molar-refractivity contribution in [3.05, 3.63) is 83.9 Å². The predicted octanol–water partition coefficient (Wildman–Crippen LogP) is 5.46. The molecule has 3 rings (SSSR count). The minimum absolute atomic E-state index is 0.0230. The number of unbranched alkanes of at least 4 members (excludes halogenated alkanes) is 2. The molecule has 0 bridgehead atoms. The van der Waals surface area contributed by atoms with Gasteiger partial charge in [-0.15, -0.1) is 0 Å². The van der Waals surface area contributed by atoms with Crippen LogP contribution in [0, 0.1) is 154 Å². The molecule has 1 aliphatic heterocycles. The van der Waals surface area contributed by atoms with Gasteiger partial charge in [-0.05, 0) is 131 Å². The van der Waals surface area contributed by atoms with Crippen LogP contribution in [-0.2, 0) is 37.0 Å². The van der Waals surface area contributed by atoms with Crippen molar-refractivity contribution in [2.45, 2.75) is 90.8 Å². The summed E-state index contributed by atoms with van der Waals surface area (Å²) in [6, 6.07) is 19.0. The Morgan fingerprint density at radius 2 is 1.17 bits per heavy atom. The number of aliphatic hydroxyl groups excluding tert-OH is 1. The topological polar surface area (TPSA) is 86.3 Å². The number of carbonyl (C=O) groups excluding carboxylic acids is 1. The lowest BCUT2D eigenvalue weighted by Gasteiger charge is -2.44. The smallest absolute Gasteiger partial charge is 0.297 e. The van der Waals surface area contributed by atoms with Gasteiger partial charge in [0.1, 0.15) is 6.10 Å². The molecule has 2 N–H and O–H groups in total. The molecule has 1 saturated heterocycles. The zero-order valence-electron chi connectivity index (χ0n) is 36.4. The van der Waals surface area contributed by atoms with Crippen LogP contribution in [0.5, 0.6) is 0 Å². The Morgan fingerprint density at radius 3 is 1.67 bits per heavy atom. The Labute approximate surface area is 380 Å². The molecule has 316 valence electrons. The van der Waals surface area contributed by atoms with Crippen molar-refractivity contribution in [2.75, 3.05) is 13.2 Å². The van der Waals surface area contributed by atoms with Gasteiger partial charge in [-0.1, -0.05) is 112 Å². The van der Waals surface area contributed by atoms with Crippen LogP contribution < -0.4 is 5.32 Å². The molecule has 1 heterocycles. The summed E-state index contributed by atoms with van der Waals surface area (Å²) >= 11 is 0. The lowest BCUT2D eigenvalue weighted by atomic mass is 9.83. The molecule has 1 amide bonds. The van der Waals surface area contributed by atoms with E-state index in [1.54, 1.807) is 13.0 Å². The standard InChI is InChI=1S/C57H47NO6/c1-5-7-9-11-12-13-14-15-16-17-18-19-20-21-22-23-24-25-26-27-28-29-37-43-55(60)58-52(53(59)42-36-10-8-6-2)46-63-57-56(62-45-51-40-34-31-35-41-51)49(4)48(3)54(64-57)47-61-44-50-38-32-30-33-39-50/h30-36,38-42,48-49,52-54,56-57,59H,6,8,10,44-47H2,1-4H3,(H,58,60)/b42-36+/t48-,49+,52+,53-,54?,56?,57+/m1/s1. The van der Waals surface area contributed by atoms with E-state index in [0.29, 0.717) is 19.8 Å². The third kappa shape index (κ3) is 22.1. The fourth-order valence-electron chi connectivity index (χ4n) is 5.54. The number of nitrogens with one attached hydrogen (secondary N) is 1. The number of hydrogen-bond donors (Lipinski definition) is 2. The third-order valence-electron chi connectivity index (χ3n) is 9.03. The molecule has 2 unspecified atom stereocenters. The van der Waals surface area contributed by atoms with E-state index in [0.717, 1.165) is 30.4 Å². The Balaban J connectivity index is 1.63. The zero-order valence-corrected chi connectivity index (χ0v) is 36.4. The second-order valence-corrected chi connectivity index (χ2v) is 13.6. The van der Waals surface area contributed by atoms with Crippen LogP contribution in [0.2, 0.25) is 0 Å². The molecule has 0 radical (unpaired) electrons. The van der Waals surface area contributed by atoms with Crippen molar-refractivity contribution in [3.63, 3.8) is 0 Å². The first kappa shape index (κ1) is 50.5. The van der Waals surface area contributed by atoms with Crippen molar-refractivity contribution in [1.82, 2.24) is 5.32 Å². The number of hydrogen-bond acceptors (Lipinski definition) is 6. The number of benzene rings is 2. The summed E-state index contributed by atoms with van der Waals surface area (Å²) in [4.78, 5) is 13.0. The van der Waals surface area contributed by atoms with Crippen molar-refractivity contribution >= 4 is 5.91 Å². The quantitative estimate of drug-likeness (QED) is 0.133. The maximum atomic E-state index is 13.0. The van der Waals surface area contributed by atoms with Crippen LogP contribution >= 0.6 is 0 Å².